The van der Waals surface area contributed by atoms with E-state index in [1.165, 1.54) is 0 Å². The Hall–Kier alpha value is -8.26. The summed E-state index contributed by atoms with van der Waals surface area (Å²) < 4.78 is 0. The highest BCUT2D eigenvalue weighted by Gasteiger charge is 2.38. The summed E-state index contributed by atoms with van der Waals surface area (Å²) in [5, 5.41) is 34.1. The summed E-state index contributed by atoms with van der Waals surface area (Å²) in [7, 11) is 0. The summed E-state index contributed by atoms with van der Waals surface area (Å²) in [6.45, 7) is 20.8. The van der Waals surface area contributed by atoms with Gasteiger partial charge >= 0.3 is 5.97 Å². The molecule has 0 aliphatic rings. The van der Waals surface area contributed by atoms with E-state index < -0.39 is 143 Å². The van der Waals surface area contributed by atoms with Gasteiger partial charge in [0.05, 0.1) is 6.04 Å². The van der Waals surface area contributed by atoms with Gasteiger partial charge in [0.2, 0.25) is 53.2 Å². The van der Waals surface area contributed by atoms with Crippen LogP contribution in [0.4, 0.5) is 0 Å². The molecule has 11 atom stereocenters. The van der Waals surface area contributed by atoms with Crippen LogP contribution < -0.4 is 99.5 Å². The number of nitrogens with two attached hydrogens (primary N) is 9. The number of guanidine groups is 4. The first-order chi connectivity index (χ1) is 41.4. The predicted octanol–water partition coefficient (Wildman–Crippen LogP) is -4.31. The molecule has 508 valence electrons. The van der Waals surface area contributed by atoms with Crippen LogP contribution in [0.3, 0.4) is 0 Å². The summed E-state index contributed by atoms with van der Waals surface area (Å²) in [4.78, 5) is 155. The van der Waals surface area contributed by atoms with Crippen molar-refractivity contribution in [1.29, 1.82) is 0 Å². The first kappa shape index (κ1) is 80.7. The lowest BCUT2D eigenvalue weighted by molar-refractivity contribution is -0.142. The van der Waals surface area contributed by atoms with Crippen molar-refractivity contribution in [3.05, 3.63) is 0 Å². The maximum absolute atomic E-state index is 14.6. The SMILES string of the molecule is CC[C@H](C)[C@H](NC(=O)[C@@H](NC(=O)[C@@H](NC(=O)[C@@H](N)C(C)C)C(C)C)C(C)C)C(=O)N[C@H](C(=O)N[C@@H](CCCN=C(N)N)C(=O)N[C@@H](CCCN=C(N)N)C(=O)N[C@@H](CCCN=C(N)N)C(=O)N[C@@H](CC(C)C)C(=O)N[C@@H](CCCN=C(N)N)C(=O)O)C(C)C. The molecule has 0 aliphatic carbocycles. The molecule has 0 heterocycles. The lowest BCUT2D eigenvalue weighted by atomic mass is 9.94. The lowest BCUT2D eigenvalue weighted by Crippen LogP contribution is -2.62. The molecule has 0 aromatic carbocycles. The van der Waals surface area contributed by atoms with E-state index in [9.17, 15) is 53.1 Å². The number of carboxylic acids is 1. The van der Waals surface area contributed by atoms with Crippen molar-refractivity contribution in [2.45, 2.75) is 208 Å². The van der Waals surface area contributed by atoms with Crippen LogP contribution in [-0.4, -0.2) is 175 Å². The summed E-state index contributed by atoms with van der Waals surface area (Å²) >= 11 is 0. The van der Waals surface area contributed by atoms with Gasteiger partial charge in [-0.25, -0.2) is 4.79 Å². The standard InChI is InChI=1S/C56H108N22O11/c1-13-32(12)42(78-50(86)41(31(10)11)76-49(85)40(30(8)9)75-47(83)38(57)28(4)5)51(87)77-39(29(6)7)48(84)72-35(20-16-24-68-55(62)63)44(80)70-33(18-14-22-66-53(58)59)43(79)71-34(19-15-23-67-54(60)61)45(81)74-37(26-27(2)3)46(82)73-36(52(88)89)21-17-25-69-56(64)65/h27-42H,13-26,57H2,1-12H3,(H,70,80)(H,71,79)(H,72,84)(H,73,82)(H,74,81)(H,75,83)(H,76,85)(H,77,87)(H,78,86)(H,88,89)(H4,58,59,66)(H4,60,61,67)(H4,62,63,68)(H4,64,65,69)/t32-,33-,34-,35-,36-,37-,38-,39-,40-,41-,42-/m0/s1. The zero-order chi connectivity index (χ0) is 68.4. The second kappa shape index (κ2) is 41.8. The van der Waals surface area contributed by atoms with E-state index in [4.69, 9.17) is 51.6 Å². The Bertz CT molecular complexity index is 2420. The average molecular weight is 1270 g/mol. The minimum Gasteiger partial charge on any atom is -0.480 e. The molecule has 0 aliphatic heterocycles. The minimum atomic E-state index is -1.45. The van der Waals surface area contributed by atoms with Crippen LogP contribution in [0.5, 0.6) is 0 Å². The minimum absolute atomic E-state index is 0.00475. The lowest BCUT2D eigenvalue weighted by Gasteiger charge is -2.32. The molecular weight excluding hydrogens is 1160 g/mol. The molecule has 33 nitrogen and oxygen atoms in total. The predicted molar refractivity (Wildman–Crippen MR) is 341 cm³/mol. The van der Waals surface area contributed by atoms with Crippen molar-refractivity contribution < 1.29 is 53.1 Å². The number of nitrogens with one attached hydrogen (secondary N) is 9. The summed E-state index contributed by atoms with van der Waals surface area (Å²) in [5.74, 6) is -11.7. The third-order valence-corrected chi connectivity index (χ3v) is 14.2. The Kier molecular flexibility index (Phi) is 37.9. The highest BCUT2D eigenvalue weighted by Crippen LogP contribution is 2.16. The van der Waals surface area contributed by atoms with E-state index in [2.05, 4.69) is 67.8 Å². The van der Waals surface area contributed by atoms with Crippen molar-refractivity contribution in [2.75, 3.05) is 26.2 Å². The van der Waals surface area contributed by atoms with Gasteiger partial charge in [-0.15, -0.1) is 0 Å². The van der Waals surface area contributed by atoms with Crippen LogP contribution in [0.1, 0.15) is 147 Å². The molecule has 0 bridgehead atoms. The van der Waals surface area contributed by atoms with Gasteiger partial charge < -0.3 is 105 Å². The molecule has 0 rings (SSSR count). The number of hydrogen-bond donors (Lipinski definition) is 19. The van der Waals surface area contributed by atoms with E-state index >= 15 is 0 Å². The highest BCUT2D eigenvalue weighted by atomic mass is 16.4. The highest BCUT2D eigenvalue weighted by molar-refractivity contribution is 5.99. The fourth-order valence-electron chi connectivity index (χ4n) is 8.72. The summed E-state index contributed by atoms with van der Waals surface area (Å²) in [6, 6.07) is -12.7. The largest absolute Gasteiger partial charge is 0.480 e. The number of carbonyl (C=O) groups excluding carboxylic acids is 9. The number of aliphatic carboxylic acids is 1. The Morgan fingerprint density at radius 2 is 0.607 bits per heavy atom. The normalized spacial score (nSPS) is 14.9. The van der Waals surface area contributed by atoms with Gasteiger partial charge in [0.15, 0.2) is 23.8 Å². The fourth-order valence-corrected chi connectivity index (χ4v) is 8.72. The molecule has 0 radical (unpaired) electrons. The molecule has 0 aromatic rings. The first-order valence-electron chi connectivity index (χ1n) is 30.4. The van der Waals surface area contributed by atoms with Crippen LogP contribution in [-0.2, 0) is 47.9 Å². The van der Waals surface area contributed by atoms with Gasteiger partial charge in [0.1, 0.15) is 54.4 Å². The fraction of sp³-hybridized carbons (Fsp3) is 0.750. The first-order valence-corrected chi connectivity index (χ1v) is 30.4. The molecule has 0 aromatic heterocycles. The number of nitrogens with zero attached hydrogens (tertiary/aromatic N) is 4. The van der Waals surface area contributed by atoms with Crippen molar-refractivity contribution in [1.82, 2.24) is 47.9 Å². The Morgan fingerprint density at radius 3 is 0.899 bits per heavy atom. The average Bonchev–Trinajstić information content (AvgIpc) is 1.53. The number of carboxylic acid groups (broad SMARTS) is 1. The second-order valence-corrected chi connectivity index (χ2v) is 23.9. The van der Waals surface area contributed by atoms with Gasteiger partial charge in [-0.3, -0.25) is 63.1 Å². The van der Waals surface area contributed by atoms with Gasteiger partial charge in [-0.05, 0) is 93.3 Å². The third-order valence-electron chi connectivity index (χ3n) is 14.2. The Balaban J connectivity index is 7.24. The number of hydrogen-bond acceptors (Lipinski definition) is 15. The van der Waals surface area contributed by atoms with Crippen LogP contribution in [0.2, 0.25) is 0 Å². The van der Waals surface area contributed by atoms with E-state index in [1.54, 1.807) is 83.1 Å². The van der Waals surface area contributed by atoms with Crippen molar-refractivity contribution >= 4 is 83.0 Å². The molecule has 33 heteroatoms. The molecular formula is C56H108N22O11. The maximum Gasteiger partial charge on any atom is 0.326 e. The van der Waals surface area contributed by atoms with E-state index in [-0.39, 0.29) is 120 Å². The molecule has 28 N–H and O–H groups in total. The molecule has 0 fully saturated rings. The monoisotopic (exact) mass is 1260 g/mol. The molecule has 0 unspecified atom stereocenters. The number of carbonyl (C=O) groups is 10. The van der Waals surface area contributed by atoms with E-state index in [0.717, 1.165) is 0 Å². The maximum atomic E-state index is 14.6. The molecule has 0 saturated carbocycles. The van der Waals surface area contributed by atoms with Crippen LogP contribution in [0.15, 0.2) is 20.0 Å². The number of amides is 9. The second-order valence-electron chi connectivity index (χ2n) is 23.9. The molecule has 0 saturated heterocycles. The molecule has 89 heavy (non-hydrogen) atoms. The summed E-state index contributed by atoms with van der Waals surface area (Å²) in [6.07, 6.45) is 0.502. The topological polar surface area (TPSA) is 583 Å². The van der Waals surface area contributed by atoms with Crippen molar-refractivity contribution in [3.63, 3.8) is 0 Å². The Morgan fingerprint density at radius 1 is 0.348 bits per heavy atom. The molecule has 9 amide bonds. The van der Waals surface area contributed by atoms with Gasteiger partial charge in [-0.2, -0.15) is 0 Å². The van der Waals surface area contributed by atoms with Gasteiger partial charge in [0, 0.05) is 26.2 Å². The quantitative estimate of drug-likeness (QED) is 0.0156. The third kappa shape index (κ3) is 32.5. The zero-order valence-corrected chi connectivity index (χ0v) is 54.2. The molecule has 0 spiro atoms. The van der Waals surface area contributed by atoms with Crippen LogP contribution in [0.25, 0.3) is 0 Å². The van der Waals surface area contributed by atoms with Crippen molar-refractivity contribution in [3.8, 4) is 0 Å². The smallest absolute Gasteiger partial charge is 0.326 e. The van der Waals surface area contributed by atoms with Crippen LogP contribution >= 0.6 is 0 Å². The number of aliphatic imine (C=N–C) groups is 4. The zero-order valence-electron chi connectivity index (χ0n) is 54.2. The van der Waals surface area contributed by atoms with Crippen molar-refractivity contribution in [2.24, 2.45) is 107 Å². The van der Waals surface area contributed by atoms with Gasteiger partial charge in [0.25, 0.3) is 0 Å². The number of rotatable bonds is 43. The Labute approximate surface area is 523 Å². The van der Waals surface area contributed by atoms with Gasteiger partial charge in [-0.1, -0.05) is 89.5 Å². The van der Waals surface area contributed by atoms with Crippen LogP contribution in [0, 0.1) is 35.5 Å². The van der Waals surface area contributed by atoms with E-state index in [0.29, 0.717) is 6.42 Å². The summed E-state index contributed by atoms with van der Waals surface area (Å²) in [5.41, 5.74) is 50.2. The van der Waals surface area contributed by atoms with E-state index in [1.807, 2.05) is 0 Å².